The van der Waals surface area contributed by atoms with Crippen LogP contribution in [0.5, 0.6) is 0 Å². The molecule has 2 aromatic rings. The van der Waals surface area contributed by atoms with E-state index in [1.807, 2.05) is 12.1 Å². The third-order valence-corrected chi connectivity index (χ3v) is 8.11. The van der Waals surface area contributed by atoms with Crippen molar-refractivity contribution in [2.75, 3.05) is 6.54 Å². The van der Waals surface area contributed by atoms with E-state index in [1.54, 1.807) is 18.2 Å². The number of amides is 1. The van der Waals surface area contributed by atoms with Gasteiger partial charge in [0.25, 0.3) is 11.5 Å². The second-order valence-electron chi connectivity index (χ2n) is 8.81. The molecule has 1 unspecified atom stereocenters. The molecular formula is C25H31N3O3S. The average molecular weight is 454 g/mol. The molecular weight excluding hydrogens is 422 g/mol. The normalized spacial score (nSPS) is 18.8. The molecule has 2 aliphatic rings. The van der Waals surface area contributed by atoms with E-state index in [1.165, 1.54) is 49.2 Å². The van der Waals surface area contributed by atoms with Crippen LogP contribution in [0.15, 0.2) is 51.5 Å². The Morgan fingerprint density at radius 2 is 1.81 bits per heavy atom. The summed E-state index contributed by atoms with van der Waals surface area (Å²) in [7, 11) is -3.09. The third-order valence-electron chi connectivity index (χ3n) is 6.56. The first-order chi connectivity index (χ1) is 15.4. The van der Waals surface area contributed by atoms with Crippen molar-refractivity contribution in [1.82, 2.24) is 10.3 Å². The number of fused-ring (bicyclic) bond motifs is 1. The Labute approximate surface area is 189 Å². The van der Waals surface area contributed by atoms with Gasteiger partial charge in [-0.25, -0.2) is 8.99 Å². The highest BCUT2D eigenvalue weighted by atomic mass is 32.2. The maximum absolute atomic E-state index is 12.8. The van der Waals surface area contributed by atoms with Crippen molar-refractivity contribution in [2.45, 2.75) is 68.6 Å². The molecule has 1 heterocycles. The number of nitrogens with one attached hydrogen (secondary N) is 3. The molecule has 32 heavy (non-hydrogen) atoms. The Morgan fingerprint density at radius 1 is 1.09 bits per heavy atom. The predicted octanol–water partition coefficient (Wildman–Crippen LogP) is 4.65. The van der Waals surface area contributed by atoms with Crippen LogP contribution in [-0.4, -0.2) is 21.6 Å². The Bertz CT molecular complexity index is 1160. The monoisotopic (exact) mass is 453 g/mol. The third kappa shape index (κ3) is 5.21. The number of pyridine rings is 1. The Balaban J connectivity index is 1.36. The molecule has 170 valence electrons. The summed E-state index contributed by atoms with van der Waals surface area (Å²) in [4.78, 5) is 28.0. The van der Waals surface area contributed by atoms with Gasteiger partial charge in [0.15, 0.2) is 0 Å². The standard InChI is InChI=1S/C25H31N3O3S/c26-32(31,21-13-11-19(12-14-21)18-7-2-1-3-8-18)16-6-15-27-24(29)22-17-20-9-4-5-10-23(20)28-25(22)30/h6,11-14,16-18,26H,1-5,7-10,15H2,(H,27,29)(H,28,30)/b16-6+. The minimum Gasteiger partial charge on any atom is -0.348 e. The van der Waals surface area contributed by atoms with Crippen LogP contribution in [-0.2, 0) is 22.6 Å². The lowest BCUT2D eigenvalue weighted by atomic mass is 9.84. The van der Waals surface area contributed by atoms with Gasteiger partial charge in [0.05, 0.1) is 14.6 Å². The molecule has 6 nitrogen and oxygen atoms in total. The largest absolute Gasteiger partial charge is 0.348 e. The van der Waals surface area contributed by atoms with Crippen LogP contribution in [0.4, 0.5) is 0 Å². The molecule has 1 atom stereocenters. The van der Waals surface area contributed by atoms with E-state index in [9.17, 15) is 13.8 Å². The van der Waals surface area contributed by atoms with Crippen molar-refractivity contribution < 1.29 is 9.00 Å². The fourth-order valence-corrected chi connectivity index (χ4v) is 5.80. The molecule has 4 rings (SSSR count). The first-order valence-electron chi connectivity index (χ1n) is 11.5. The van der Waals surface area contributed by atoms with Gasteiger partial charge < -0.3 is 10.3 Å². The van der Waals surface area contributed by atoms with Gasteiger partial charge in [0.1, 0.15) is 5.56 Å². The summed E-state index contributed by atoms with van der Waals surface area (Å²) in [6.07, 6.45) is 11.6. The number of carbonyl (C=O) groups is 1. The van der Waals surface area contributed by atoms with Crippen molar-refractivity contribution >= 4 is 15.6 Å². The summed E-state index contributed by atoms with van der Waals surface area (Å²) in [6, 6.07) is 9.26. The minimum atomic E-state index is -3.09. The van der Waals surface area contributed by atoms with Crippen molar-refractivity contribution in [2.24, 2.45) is 0 Å². The molecule has 3 N–H and O–H groups in total. The molecule has 1 aromatic carbocycles. The number of hydrogen-bond acceptors (Lipinski definition) is 4. The van der Waals surface area contributed by atoms with Gasteiger partial charge in [-0.15, -0.1) is 0 Å². The molecule has 2 aliphatic carbocycles. The number of hydrogen-bond donors (Lipinski definition) is 3. The van der Waals surface area contributed by atoms with Gasteiger partial charge in [-0.3, -0.25) is 9.59 Å². The lowest BCUT2D eigenvalue weighted by Gasteiger charge is -2.22. The number of benzene rings is 1. The van der Waals surface area contributed by atoms with Crippen LogP contribution in [0.2, 0.25) is 0 Å². The zero-order chi connectivity index (χ0) is 22.6. The first kappa shape index (κ1) is 22.5. The lowest BCUT2D eigenvalue weighted by Crippen LogP contribution is -2.31. The van der Waals surface area contributed by atoms with E-state index in [4.69, 9.17) is 4.78 Å². The second-order valence-corrected chi connectivity index (χ2v) is 10.8. The number of aryl methyl sites for hydroxylation is 2. The number of rotatable bonds is 6. The van der Waals surface area contributed by atoms with Gasteiger partial charge >= 0.3 is 0 Å². The SMILES string of the molecule is N=S(=O)(/C=C/CNC(=O)c1cc2c([nH]c1=O)CCCC2)c1ccc(C2CCCCC2)cc1. The smallest absolute Gasteiger partial charge is 0.261 e. The number of aromatic nitrogens is 1. The summed E-state index contributed by atoms with van der Waals surface area (Å²) in [5.74, 6) is 0.106. The summed E-state index contributed by atoms with van der Waals surface area (Å²) in [6.45, 7) is 0.103. The number of aromatic amines is 1. The summed E-state index contributed by atoms with van der Waals surface area (Å²) in [5.41, 5.74) is 2.94. The molecule has 1 aromatic heterocycles. The zero-order valence-corrected chi connectivity index (χ0v) is 19.1. The molecule has 1 amide bonds. The predicted molar refractivity (Wildman–Crippen MR) is 127 cm³/mol. The highest BCUT2D eigenvalue weighted by Crippen LogP contribution is 2.33. The van der Waals surface area contributed by atoms with Crippen LogP contribution >= 0.6 is 0 Å². The van der Waals surface area contributed by atoms with Gasteiger partial charge in [-0.05, 0) is 73.8 Å². The second kappa shape index (κ2) is 9.86. The maximum Gasteiger partial charge on any atom is 0.261 e. The lowest BCUT2D eigenvalue weighted by molar-refractivity contribution is 0.0956. The van der Waals surface area contributed by atoms with Crippen LogP contribution in [0, 0.1) is 4.78 Å². The number of H-pyrrole nitrogens is 1. The molecule has 0 bridgehead atoms. The van der Waals surface area contributed by atoms with Crippen LogP contribution < -0.4 is 10.9 Å². The van der Waals surface area contributed by atoms with Crippen LogP contribution in [0.3, 0.4) is 0 Å². The van der Waals surface area contributed by atoms with Gasteiger partial charge in [-0.2, -0.15) is 0 Å². The summed E-state index contributed by atoms with van der Waals surface area (Å²) in [5, 5.41) is 4.00. The molecule has 0 radical (unpaired) electrons. The highest BCUT2D eigenvalue weighted by molar-refractivity contribution is 7.95. The molecule has 0 aliphatic heterocycles. The van der Waals surface area contributed by atoms with E-state index in [0.29, 0.717) is 10.8 Å². The molecule has 0 saturated heterocycles. The first-order valence-corrected chi connectivity index (χ1v) is 13.1. The topological polar surface area (TPSA) is 103 Å². The molecule has 0 spiro atoms. The minimum absolute atomic E-state index is 0.101. The van der Waals surface area contributed by atoms with Crippen molar-refractivity contribution in [3.05, 3.63) is 74.6 Å². The molecule has 7 heteroatoms. The van der Waals surface area contributed by atoms with Crippen LogP contribution in [0.1, 0.15) is 78.0 Å². The summed E-state index contributed by atoms with van der Waals surface area (Å²) < 4.78 is 21.1. The van der Waals surface area contributed by atoms with E-state index in [2.05, 4.69) is 10.3 Å². The zero-order valence-electron chi connectivity index (χ0n) is 18.3. The van der Waals surface area contributed by atoms with Gasteiger partial charge in [0, 0.05) is 17.6 Å². The van der Waals surface area contributed by atoms with Gasteiger partial charge in [0.2, 0.25) is 0 Å². The Morgan fingerprint density at radius 3 is 2.56 bits per heavy atom. The van der Waals surface area contributed by atoms with Gasteiger partial charge in [-0.1, -0.05) is 37.5 Å². The molecule has 1 fully saturated rings. The maximum atomic E-state index is 12.8. The van der Waals surface area contributed by atoms with E-state index < -0.39 is 15.6 Å². The van der Waals surface area contributed by atoms with E-state index in [0.717, 1.165) is 36.9 Å². The van der Waals surface area contributed by atoms with Crippen molar-refractivity contribution in [1.29, 1.82) is 4.78 Å². The fraction of sp³-hybridized carbons (Fsp3) is 0.440. The van der Waals surface area contributed by atoms with Crippen LogP contribution in [0.25, 0.3) is 0 Å². The average Bonchev–Trinajstić information content (AvgIpc) is 2.82. The van der Waals surface area contributed by atoms with E-state index >= 15 is 0 Å². The summed E-state index contributed by atoms with van der Waals surface area (Å²) >= 11 is 0. The quantitative estimate of drug-likeness (QED) is 0.593. The number of carbonyl (C=O) groups excluding carboxylic acids is 1. The molecule has 1 saturated carbocycles. The highest BCUT2D eigenvalue weighted by Gasteiger charge is 2.17. The van der Waals surface area contributed by atoms with Crippen molar-refractivity contribution in [3.63, 3.8) is 0 Å². The van der Waals surface area contributed by atoms with E-state index in [-0.39, 0.29) is 17.7 Å². The Hall–Kier alpha value is -2.67. The fourth-order valence-electron chi connectivity index (χ4n) is 4.73. The Kier molecular flexibility index (Phi) is 6.94. The van der Waals surface area contributed by atoms with Crippen molar-refractivity contribution in [3.8, 4) is 0 Å².